The molecule has 0 fully saturated rings. The van der Waals surface area contributed by atoms with E-state index in [0.29, 0.717) is 6.54 Å². The first-order chi connectivity index (χ1) is 12.1. The summed E-state index contributed by atoms with van der Waals surface area (Å²) in [7, 11) is 0. The van der Waals surface area contributed by atoms with Gasteiger partial charge in [0.15, 0.2) is 0 Å². The SMILES string of the molecule is O=C(NCc1cccnc1)c1cnc(Nc2ccc(F)cc2F)nc1. The Morgan fingerprint density at radius 3 is 2.56 bits per heavy atom. The third-order valence-electron chi connectivity index (χ3n) is 3.27. The maximum Gasteiger partial charge on any atom is 0.254 e. The van der Waals surface area contributed by atoms with E-state index in [1.54, 1.807) is 18.5 Å². The Labute approximate surface area is 142 Å². The molecular weight excluding hydrogens is 328 g/mol. The number of nitrogens with one attached hydrogen (secondary N) is 2. The quantitative estimate of drug-likeness (QED) is 0.746. The molecule has 0 aliphatic heterocycles. The van der Waals surface area contributed by atoms with Crippen LogP contribution in [0.15, 0.2) is 55.1 Å². The van der Waals surface area contributed by atoms with Crippen LogP contribution in [-0.4, -0.2) is 20.9 Å². The van der Waals surface area contributed by atoms with Crippen LogP contribution < -0.4 is 10.6 Å². The predicted molar refractivity (Wildman–Crippen MR) is 87.1 cm³/mol. The molecule has 0 saturated carbocycles. The highest BCUT2D eigenvalue weighted by atomic mass is 19.1. The molecule has 3 aromatic rings. The molecular formula is C17H13F2N5O. The number of carbonyl (C=O) groups is 1. The molecule has 0 saturated heterocycles. The minimum Gasteiger partial charge on any atom is -0.348 e. The molecule has 2 N–H and O–H groups in total. The monoisotopic (exact) mass is 341 g/mol. The van der Waals surface area contributed by atoms with Crippen LogP contribution in [0.2, 0.25) is 0 Å². The van der Waals surface area contributed by atoms with Gasteiger partial charge in [0.05, 0.1) is 11.3 Å². The number of rotatable bonds is 5. The normalized spacial score (nSPS) is 10.3. The maximum absolute atomic E-state index is 13.6. The maximum atomic E-state index is 13.6. The van der Waals surface area contributed by atoms with Gasteiger partial charge in [-0.3, -0.25) is 9.78 Å². The van der Waals surface area contributed by atoms with Gasteiger partial charge in [0.25, 0.3) is 5.91 Å². The molecule has 2 heterocycles. The Morgan fingerprint density at radius 1 is 1.08 bits per heavy atom. The zero-order valence-electron chi connectivity index (χ0n) is 12.9. The Bertz CT molecular complexity index is 872. The first kappa shape index (κ1) is 16.4. The van der Waals surface area contributed by atoms with E-state index in [1.807, 2.05) is 6.07 Å². The first-order valence-corrected chi connectivity index (χ1v) is 7.33. The molecule has 0 spiro atoms. The van der Waals surface area contributed by atoms with Gasteiger partial charge in [0.1, 0.15) is 11.6 Å². The Balaban J connectivity index is 1.62. The summed E-state index contributed by atoms with van der Waals surface area (Å²) in [6.07, 6.45) is 5.93. The molecule has 0 unspecified atom stereocenters. The highest BCUT2D eigenvalue weighted by molar-refractivity contribution is 5.93. The zero-order chi connectivity index (χ0) is 17.6. The number of amides is 1. The first-order valence-electron chi connectivity index (χ1n) is 7.33. The molecule has 0 aliphatic carbocycles. The van der Waals surface area contributed by atoms with Crippen molar-refractivity contribution < 1.29 is 13.6 Å². The summed E-state index contributed by atoms with van der Waals surface area (Å²) in [5.74, 6) is -1.69. The van der Waals surface area contributed by atoms with Gasteiger partial charge in [0.2, 0.25) is 5.95 Å². The molecule has 0 aliphatic rings. The molecule has 1 aromatic carbocycles. The summed E-state index contributed by atoms with van der Waals surface area (Å²) in [5, 5.41) is 5.34. The summed E-state index contributed by atoms with van der Waals surface area (Å²) in [6.45, 7) is 0.327. The number of hydrogen-bond acceptors (Lipinski definition) is 5. The van der Waals surface area contributed by atoms with Crippen molar-refractivity contribution in [2.75, 3.05) is 5.32 Å². The summed E-state index contributed by atoms with van der Waals surface area (Å²) in [4.78, 5) is 23.9. The molecule has 2 aromatic heterocycles. The molecule has 126 valence electrons. The molecule has 0 atom stereocenters. The molecule has 1 amide bonds. The highest BCUT2D eigenvalue weighted by Gasteiger charge is 2.09. The second-order valence-electron chi connectivity index (χ2n) is 5.09. The fourth-order valence-corrected chi connectivity index (χ4v) is 2.01. The van der Waals surface area contributed by atoms with Crippen LogP contribution in [0.4, 0.5) is 20.4 Å². The van der Waals surface area contributed by atoms with Crippen molar-refractivity contribution in [1.29, 1.82) is 0 Å². The topological polar surface area (TPSA) is 79.8 Å². The van der Waals surface area contributed by atoms with Crippen LogP contribution in [-0.2, 0) is 6.54 Å². The third kappa shape index (κ3) is 4.31. The molecule has 6 nitrogen and oxygen atoms in total. The van der Waals surface area contributed by atoms with E-state index in [2.05, 4.69) is 25.6 Å². The Morgan fingerprint density at radius 2 is 1.88 bits per heavy atom. The van der Waals surface area contributed by atoms with E-state index in [-0.39, 0.29) is 23.1 Å². The zero-order valence-corrected chi connectivity index (χ0v) is 12.9. The van der Waals surface area contributed by atoms with Gasteiger partial charge in [-0.25, -0.2) is 18.7 Å². The van der Waals surface area contributed by atoms with Crippen molar-refractivity contribution >= 4 is 17.5 Å². The number of anilines is 2. The predicted octanol–water partition coefficient (Wildman–Crippen LogP) is 2.82. The minimum atomic E-state index is -0.762. The van der Waals surface area contributed by atoms with Crippen LogP contribution in [0.25, 0.3) is 0 Å². The van der Waals surface area contributed by atoms with Gasteiger partial charge in [-0.15, -0.1) is 0 Å². The van der Waals surface area contributed by atoms with E-state index in [1.165, 1.54) is 18.5 Å². The van der Waals surface area contributed by atoms with E-state index in [4.69, 9.17) is 0 Å². The lowest BCUT2D eigenvalue weighted by Crippen LogP contribution is -2.23. The highest BCUT2D eigenvalue weighted by Crippen LogP contribution is 2.18. The van der Waals surface area contributed by atoms with Gasteiger partial charge < -0.3 is 10.6 Å². The number of benzene rings is 1. The number of carbonyl (C=O) groups excluding carboxylic acids is 1. The minimum absolute atomic E-state index is 0.0372. The second kappa shape index (κ2) is 7.43. The third-order valence-corrected chi connectivity index (χ3v) is 3.27. The van der Waals surface area contributed by atoms with Crippen molar-refractivity contribution in [3.8, 4) is 0 Å². The molecule has 0 radical (unpaired) electrons. The van der Waals surface area contributed by atoms with E-state index in [0.717, 1.165) is 17.7 Å². The Kier molecular flexibility index (Phi) is 4.89. The van der Waals surface area contributed by atoms with Gasteiger partial charge in [-0.05, 0) is 23.8 Å². The number of hydrogen-bond donors (Lipinski definition) is 2. The Hall–Kier alpha value is -3.42. The average molecular weight is 341 g/mol. The van der Waals surface area contributed by atoms with Crippen molar-refractivity contribution in [1.82, 2.24) is 20.3 Å². The summed E-state index contributed by atoms with van der Waals surface area (Å²) in [5.41, 5.74) is 1.16. The van der Waals surface area contributed by atoms with Crippen LogP contribution in [0.1, 0.15) is 15.9 Å². The van der Waals surface area contributed by atoms with Crippen molar-refractivity contribution in [2.24, 2.45) is 0 Å². The lowest BCUT2D eigenvalue weighted by Gasteiger charge is -2.07. The molecule has 0 bridgehead atoms. The molecule has 25 heavy (non-hydrogen) atoms. The van der Waals surface area contributed by atoms with Crippen molar-refractivity contribution in [2.45, 2.75) is 6.54 Å². The van der Waals surface area contributed by atoms with Gasteiger partial charge in [-0.1, -0.05) is 6.07 Å². The van der Waals surface area contributed by atoms with E-state index in [9.17, 15) is 13.6 Å². The van der Waals surface area contributed by atoms with E-state index >= 15 is 0 Å². The standard InChI is InChI=1S/C17H13F2N5O/c18-13-3-4-15(14(19)6-13)24-17-22-9-12(10-23-17)16(25)21-8-11-2-1-5-20-7-11/h1-7,9-10H,8H2,(H,21,25)(H,22,23,24). The van der Waals surface area contributed by atoms with Crippen molar-refractivity contribution in [3.63, 3.8) is 0 Å². The largest absolute Gasteiger partial charge is 0.348 e. The van der Waals surface area contributed by atoms with Crippen molar-refractivity contribution in [3.05, 3.63) is 77.9 Å². The molecule has 3 rings (SSSR count). The molecule has 8 heteroatoms. The smallest absolute Gasteiger partial charge is 0.254 e. The average Bonchev–Trinajstić information content (AvgIpc) is 2.63. The number of aromatic nitrogens is 3. The van der Waals surface area contributed by atoms with E-state index < -0.39 is 11.6 Å². The lowest BCUT2D eigenvalue weighted by molar-refractivity contribution is 0.0950. The summed E-state index contributed by atoms with van der Waals surface area (Å²) in [6, 6.07) is 6.73. The lowest BCUT2D eigenvalue weighted by atomic mass is 10.2. The van der Waals surface area contributed by atoms with Gasteiger partial charge in [0, 0.05) is 37.4 Å². The fraction of sp³-hybridized carbons (Fsp3) is 0.0588. The van der Waals surface area contributed by atoms with Gasteiger partial charge >= 0.3 is 0 Å². The number of nitrogens with zero attached hydrogens (tertiary/aromatic N) is 3. The summed E-state index contributed by atoms with van der Waals surface area (Å²) >= 11 is 0. The van der Waals surface area contributed by atoms with Crippen LogP contribution >= 0.6 is 0 Å². The number of halogens is 2. The fourth-order valence-electron chi connectivity index (χ4n) is 2.01. The summed E-state index contributed by atoms with van der Waals surface area (Å²) < 4.78 is 26.5. The van der Waals surface area contributed by atoms with Crippen LogP contribution in [0.5, 0.6) is 0 Å². The second-order valence-corrected chi connectivity index (χ2v) is 5.09. The van der Waals surface area contributed by atoms with Crippen LogP contribution in [0, 0.1) is 11.6 Å². The van der Waals surface area contributed by atoms with Gasteiger partial charge in [-0.2, -0.15) is 0 Å². The number of pyridine rings is 1. The van der Waals surface area contributed by atoms with Crippen LogP contribution in [0.3, 0.4) is 0 Å².